The zero-order valence-corrected chi connectivity index (χ0v) is 9.80. The van der Waals surface area contributed by atoms with Crippen LogP contribution in [0.1, 0.15) is 19.2 Å². The van der Waals surface area contributed by atoms with Crippen molar-refractivity contribution in [3.8, 4) is 17.1 Å². The average molecular weight is 229 g/mol. The van der Waals surface area contributed by atoms with Gasteiger partial charge in [0.2, 0.25) is 0 Å². The van der Waals surface area contributed by atoms with E-state index in [-0.39, 0.29) is 5.75 Å². The number of rotatable bonds is 1. The van der Waals surface area contributed by atoms with Crippen LogP contribution in [0.4, 0.5) is 0 Å². The van der Waals surface area contributed by atoms with Gasteiger partial charge in [-0.25, -0.2) is 0 Å². The number of fused-ring (bicyclic) bond motifs is 1. The fourth-order valence-electron chi connectivity index (χ4n) is 2.35. The molecule has 0 amide bonds. The Balaban J connectivity index is 2.11. The van der Waals surface area contributed by atoms with Gasteiger partial charge in [0, 0.05) is 13.0 Å². The van der Waals surface area contributed by atoms with Crippen LogP contribution in [0.15, 0.2) is 24.3 Å². The minimum atomic E-state index is 0.265. The molecule has 0 saturated heterocycles. The van der Waals surface area contributed by atoms with Crippen molar-refractivity contribution >= 4 is 0 Å². The predicted molar refractivity (Wildman–Crippen MR) is 64.6 cm³/mol. The molecule has 0 saturated carbocycles. The summed E-state index contributed by atoms with van der Waals surface area (Å²) in [5, 5.41) is 18.3. The highest BCUT2D eigenvalue weighted by molar-refractivity contribution is 5.63. The van der Waals surface area contributed by atoms with Crippen molar-refractivity contribution in [3.05, 3.63) is 30.1 Å². The van der Waals surface area contributed by atoms with Crippen molar-refractivity contribution in [3.63, 3.8) is 0 Å². The van der Waals surface area contributed by atoms with Crippen LogP contribution in [0.2, 0.25) is 0 Å². The summed E-state index contributed by atoms with van der Waals surface area (Å²) in [4.78, 5) is 0. The molecule has 1 atom stereocenters. The van der Waals surface area contributed by atoms with Crippen LogP contribution in [-0.2, 0) is 13.0 Å². The fraction of sp³-hybridized carbons (Fsp3) is 0.385. The van der Waals surface area contributed by atoms with Gasteiger partial charge in [0.1, 0.15) is 11.6 Å². The van der Waals surface area contributed by atoms with E-state index in [1.165, 1.54) is 6.42 Å². The Morgan fingerprint density at radius 2 is 2.12 bits per heavy atom. The molecule has 0 spiro atoms. The van der Waals surface area contributed by atoms with E-state index in [1.54, 1.807) is 6.07 Å². The lowest BCUT2D eigenvalue weighted by Gasteiger charge is -2.20. The zero-order valence-electron chi connectivity index (χ0n) is 9.80. The standard InChI is InChI=1S/C13H15N3O/c1-9-6-7-12-14-15-13(16(12)8-9)10-4-2-3-5-11(10)17/h2-5,9,17H,6-8H2,1H3. The number of phenols is 1. The van der Waals surface area contributed by atoms with Gasteiger partial charge in [-0.3, -0.25) is 0 Å². The summed E-state index contributed by atoms with van der Waals surface area (Å²) in [5.74, 6) is 2.72. The molecule has 1 aliphatic heterocycles. The van der Waals surface area contributed by atoms with E-state index >= 15 is 0 Å². The molecule has 0 bridgehead atoms. The topological polar surface area (TPSA) is 50.9 Å². The van der Waals surface area contributed by atoms with Crippen LogP contribution in [0, 0.1) is 5.92 Å². The first-order valence-electron chi connectivity index (χ1n) is 5.96. The molecule has 4 nitrogen and oxygen atoms in total. The van der Waals surface area contributed by atoms with Gasteiger partial charge >= 0.3 is 0 Å². The Labute approximate surface area is 99.9 Å². The maximum atomic E-state index is 9.87. The molecular weight excluding hydrogens is 214 g/mol. The largest absolute Gasteiger partial charge is 0.507 e. The Morgan fingerprint density at radius 3 is 2.94 bits per heavy atom. The van der Waals surface area contributed by atoms with Gasteiger partial charge in [-0.05, 0) is 24.5 Å². The molecule has 4 heteroatoms. The van der Waals surface area contributed by atoms with Crippen LogP contribution in [0.5, 0.6) is 5.75 Å². The third kappa shape index (κ3) is 1.69. The minimum Gasteiger partial charge on any atom is -0.507 e. The monoisotopic (exact) mass is 229 g/mol. The molecular formula is C13H15N3O. The fourth-order valence-corrected chi connectivity index (χ4v) is 2.35. The first-order chi connectivity index (χ1) is 8.25. The zero-order chi connectivity index (χ0) is 11.8. The first-order valence-corrected chi connectivity index (χ1v) is 5.96. The lowest BCUT2D eigenvalue weighted by Crippen LogP contribution is -2.18. The second kappa shape index (κ2) is 3.87. The molecule has 88 valence electrons. The van der Waals surface area contributed by atoms with Crippen molar-refractivity contribution in [1.29, 1.82) is 0 Å². The summed E-state index contributed by atoms with van der Waals surface area (Å²) in [6, 6.07) is 7.28. The van der Waals surface area contributed by atoms with E-state index < -0.39 is 0 Å². The summed E-state index contributed by atoms with van der Waals surface area (Å²) in [5.41, 5.74) is 0.764. The average Bonchev–Trinajstić information content (AvgIpc) is 2.72. The second-order valence-electron chi connectivity index (χ2n) is 4.71. The maximum Gasteiger partial charge on any atom is 0.167 e. The smallest absolute Gasteiger partial charge is 0.167 e. The third-order valence-electron chi connectivity index (χ3n) is 3.33. The SMILES string of the molecule is CC1CCc2nnc(-c3ccccc3O)n2C1. The highest BCUT2D eigenvalue weighted by Gasteiger charge is 2.21. The number of hydrogen-bond acceptors (Lipinski definition) is 3. The van der Waals surface area contributed by atoms with Gasteiger partial charge in [-0.1, -0.05) is 19.1 Å². The minimum absolute atomic E-state index is 0.265. The van der Waals surface area contributed by atoms with Gasteiger partial charge in [0.25, 0.3) is 0 Å². The van der Waals surface area contributed by atoms with Crippen molar-refractivity contribution < 1.29 is 5.11 Å². The van der Waals surface area contributed by atoms with E-state index in [2.05, 4.69) is 21.7 Å². The van der Waals surface area contributed by atoms with Gasteiger partial charge < -0.3 is 9.67 Å². The normalized spacial score (nSPS) is 19.0. The maximum absolute atomic E-state index is 9.87. The Hall–Kier alpha value is -1.84. The summed E-state index contributed by atoms with van der Waals surface area (Å²) in [6.45, 7) is 3.17. The summed E-state index contributed by atoms with van der Waals surface area (Å²) in [6.07, 6.45) is 2.14. The Kier molecular flexibility index (Phi) is 2.35. The quantitative estimate of drug-likeness (QED) is 0.815. The van der Waals surface area contributed by atoms with Gasteiger partial charge in [-0.2, -0.15) is 0 Å². The predicted octanol–water partition coefficient (Wildman–Crippen LogP) is 2.23. The molecule has 17 heavy (non-hydrogen) atoms. The molecule has 1 aliphatic rings. The highest BCUT2D eigenvalue weighted by atomic mass is 16.3. The van der Waals surface area contributed by atoms with E-state index in [0.29, 0.717) is 5.92 Å². The lowest BCUT2D eigenvalue weighted by molar-refractivity contribution is 0.395. The van der Waals surface area contributed by atoms with Crippen molar-refractivity contribution in [2.75, 3.05) is 0 Å². The summed E-state index contributed by atoms with van der Waals surface area (Å²) < 4.78 is 2.13. The highest BCUT2D eigenvalue weighted by Crippen LogP contribution is 2.30. The van der Waals surface area contributed by atoms with Crippen LogP contribution in [-0.4, -0.2) is 19.9 Å². The number of aromatic hydroxyl groups is 1. The van der Waals surface area contributed by atoms with Crippen LogP contribution in [0.25, 0.3) is 11.4 Å². The number of benzene rings is 1. The number of hydrogen-bond donors (Lipinski definition) is 1. The van der Waals surface area contributed by atoms with E-state index in [1.807, 2.05) is 18.2 Å². The molecule has 0 fully saturated rings. The number of aromatic nitrogens is 3. The molecule has 1 aromatic carbocycles. The van der Waals surface area contributed by atoms with Crippen molar-refractivity contribution in [1.82, 2.24) is 14.8 Å². The van der Waals surface area contributed by atoms with E-state index in [4.69, 9.17) is 0 Å². The van der Waals surface area contributed by atoms with Gasteiger partial charge in [0.15, 0.2) is 5.82 Å². The molecule has 3 rings (SSSR count). The number of aryl methyl sites for hydroxylation is 1. The molecule has 1 N–H and O–H groups in total. The van der Waals surface area contributed by atoms with Gasteiger partial charge in [0.05, 0.1) is 5.56 Å². The first kappa shape index (κ1) is 10.3. The summed E-state index contributed by atoms with van der Waals surface area (Å²) >= 11 is 0. The van der Waals surface area contributed by atoms with E-state index in [0.717, 1.165) is 30.2 Å². The lowest BCUT2D eigenvalue weighted by atomic mass is 10.0. The molecule has 1 aromatic heterocycles. The molecule has 0 radical (unpaired) electrons. The van der Waals surface area contributed by atoms with Crippen LogP contribution in [0.3, 0.4) is 0 Å². The van der Waals surface area contributed by atoms with Crippen molar-refractivity contribution in [2.24, 2.45) is 5.92 Å². The van der Waals surface area contributed by atoms with Crippen molar-refractivity contribution in [2.45, 2.75) is 26.3 Å². The number of para-hydroxylation sites is 1. The Morgan fingerprint density at radius 1 is 1.29 bits per heavy atom. The van der Waals surface area contributed by atoms with Crippen LogP contribution < -0.4 is 0 Å². The summed E-state index contributed by atoms with van der Waals surface area (Å²) in [7, 11) is 0. The molecule has 2 aromatic rings. The number of phenolic OH excluding ortho intramolecular Hbond substituents is 1. The Bertz CT molecular complexity index is 547. The molecule has 2 heterocycles. The van der Waals surface area contributed by atoms with Gasteiger partial charge in [-0.15, -0.1) is 10.2 Å². The van der Waals surface area contributed by atoms with E-state index in [9.17, 15) is 5.11 Å². The van der Waals surface area contributed by atoms with Crippen LogP contribution >= 0.6 is 0 Å². The third-order valence-corrected chi connectivity index (χ3v) is 3.33. The molecule has 0 aliphatic carbocycles. The number of nitrogens with zero attached hydrogens (tertiary/aromatic N) is 3. The second-order valence-corrected chi connectivity index (χ2v) is 4.71. The molecule has 1 unspecified atom stereocenters.